The summed E-state index contributed by atoms with van der Waals surface area (Å²) in [4.78, 5) is 14.6. The normalized spacial score (nSPS) is 23.0. The SMILES string of the molecule is C.CC(C)(C)C(=O)C1CCCN1C(C)(C)C. The van der Waals surface area contributed by atoms with Crippen LogP contribution < -0.4 is 0 Å². The molecule has 0 saturated carbocycles. The molecule has 2 nitrogen and oxygen atoms in total. The first-order chi connectivity index (χ1) is 6.64. The Bertz CT molecular complexity index is 244. The molecule has 0 spiro atoms. The highest BCUT2D eigenvalue weighted by molar-refractivity contribution is 5.89. The zero-order valence-corrected chi connectivity index (χ0v) is 11.1. The van der Waals surface area contributed by atoms with E-state index in [4.69, 9.17) is 0 Å². The number of nitrogens with zero attached hydrogens (tertiary/aromatic N) is 1. The maximum absolute atomic E-state index is 12.3. The van der Waals surface area contributed by atoms with Gasteiger partial charge in [-0.05, 0) is 40.2 Å². The van der Waals surface area contributed by atoms with Gasteiger partial charge in [0.25, 0.3) is 0 Å². The molecular formula is C14H29NO. The number of likely N-dealkylation sites (tertiary alicyclic amines) is 1. The lowest BCUT2D eigenvalue weighted by atomic mass is 9.84. The molecule has 1 fully saturated rings. The summed E-state index contributed by atoms with van der Waals surface area (Å²) in [5.74, 6) is 0.398. The third kappa shape index (κ3) is 3.31. The lowest BCUT2D eigenvalue weighted by Crippen LogP contribution is -2.50. The number of Topliss-reactive ketones (excluding diaryl/α,β-unsaturated/α-hetero) is 1. The highest BCUT2D eigenvalue weighted by Gasteiger charge is 2.40. The van der Waals surface area contributed by atoms with Crippen LogP contribution in [0.25, 0.3) is 0 Å². The number of rotatable bonds is 1. The van der Waals surface area contributed by atoms with Crippen LogP contribution in [0.15, 0.2) is 0 Å². The average molecular weight is 227 g/mol. The lowest BCUT2D eigenvalue weighted by Gasteiger charge is -2.38. The third-order valence-electron chi connectivity index (χ3n) is 3.16. The van der Waals surface area contributed by atoms with Gasteiger partial charge in [-0.15, -0.1) is 0 Å². The highest BCUT2D eigenvalue weighted by atomic mass is 16.1. The standard InChI is InChI=1S/C13H25NO.CH4/c1-12(2,3)11(15)10-8-7-9-14(10)13(4,5)6;/h10H,7-9H2,1-6H3;1H4. The van der Waals surface area contributed by atoms with Crippen molar-refractivity contribution in [2.24, 2.45) is 5.41 Å². The Kier molecular flexibility index (Phi) is 4.75. The molecule has 1 aliphatic heterocycles. The summed E-state index contributed by atoms with van der Waals surface area (Å²) in [6.45, 7) is 13.7. The van der Waals surface area contributed by atoms with Crippen molar-refractivity contribution in [2.45, 2.75) is 73.4 Å². The van der Waals surface area contributed by atoms with Gasteiger partial charge in [-0.2, -0.15) is 0 Å². The Morgan fingerprint density at radius 2 is 1.62 bits per heavy atom. The monoisotopic (exact) mass is 227 g/mol. The fourth-order valence-electron chi connectivity index (χ4n) is 2.34. The summed E-state index contributed by atoms with van der Waals surface area (Å²) >= 11 is 0. The average Bonchev–Trinajstić information content (AvgIpc) is 2.47. The van der Waals surface area contributed by atoms with Crippen molar-refractivity contribution in [3.8, 4) is 0 Å². The Hall–Kier alpha value is -0.370. The van der Waals surface area contributed by atoms with Crippen molar-refractivity contribution in [3.63, 3.8) is 0 Å². The van der Waals surface area contributed by atoms with E-state index >= 15 is 0 Å². The largest absolute Gasteiger partial charge is 0.297 e. The molecule has 0 N–H and O–H groups in total. The number of hydrogen-bond donors (Lipinski definition) is 0. The molecule has 1 rings (SSSR count). The van der Waals surface area contributed by atoms with E-state index in [0.29, 0.717) is 5.78 Å². The van der Waals surface area contributed by atoms with E-state index in [0.717, 1.165) is 19.4 Å². The van der Waals surface area contributed by atoms with E-state index in [9.17, 15) is 4.79 Å². The fraction of sp³-hybridized carbons (Fsp3) is 0.929. The number of ketones is 1. The number of hydrogen-bond acceptors (Lipinski definition) is 2. The first-order valence-corrected chi connectivity index (χ1v) is 5.95. The molecule has 1 saturated heterocycles. The number of carbonyl (C=O) groups is 1. The van der Waals surface area contributed by atoms with Crippen molar-refractivity contribution in [3.05, 3.63) is 0 Å². The van der Waals surface area contributed by atoms with Gasteiger partial charge in [0.2, 0.25) is 0 Å². The summed E-state index contributed by atoms with van der Waals surface area (Å²) in [6.07, 6.45) is 2.19. The van der Waals surface area contributed by atoms with E-state index in [1.54, 1.807) is 0 Å². The summed E-state index contributed by atoms with van der Waals surface area (Å²) < 4.78 is 0. The molecule has 0 aromatic carbocycles. The maximum Gasteiger partial charge on any atom is 0.155 e. The molecule has 1 aliphatic rings. The maximum atomic E-state index is 12.3. The second kappa shape index (κ2) is 4.87. The Labute approximate surface area is 101 Å². The van der Waals surface area contributed by atoms with Gasteiger partial charge < -0.3 is 0 Å². The van der Waals surface area contributed by atoms with Gasteiger partial charge in [0.1, 0.15) is 0 Å². The molecule has 2 heteroatoms. The van der Waals surface area contributed by atoms with E-state index in [-0.39, 0.29) is 24.4 Å². The third-order valence-corrected chi connectivity index (χ3v) is 3.16. The minimum Gasteiger partial charge on any atom is -0.297 e. The van der Waals surface area contributed by atoms with Crippen LogP contribution in [0.1, 0.15) is 61.8 Å². The van der Waals surface area contributed by atoms with Gasteiger partial charge in [0.05, 0.1) is 6.04 Å². The molecule has 0 aromatic rings. The van der Waals surface area contributed by atoms with Gasteiger partial charge in [-0.3, -0.25) is 9.69 Å². The summed E-state index contributed by atoms with van der Waals surface area (Å²) in [6, 6.07) is 0.144. The highest BCUT2D eigenvalue weighted by Crippen LogP contribution is 2.31. The van der Waals surface area contributed by atoms with Crippen LogP contribution in [-0.2, 0) is 4.79 Å². The fourth-order valence-corrected chi connectivity index (χ4v) is 2.34. The van der Waals surface area contributed by atoms with E-state index in [1.807, 2.05) is 20.8 Å². The van der Waals surface area contributed by atoms with Crippen LogP contribution in [0.4, 0.5) is 0 Å². The zero-order valence-electron chi connectivity index (χ0n) is 11.1. The molecule has 1 unspecified atom stereocenters. The summed E-state index contributed by atoms with van der Waals surface area (Å²) in [5, 5.41) is 0. The van der Waals surface area contributed by atoms with E-state index in [1.165, 1.54) is 0 Å². The summed E-state index contributed by atoms with van der Waals surface area (Å²) in [5.41, 5.74) is -0.0966. The van der Waals surface area contributed by atoms with Crippen molar-refractivity contribution < 1.29 is 4.79 Å². The second-order valence-corrected chi connectivity index (χ2v) is 6.64. The topological polar surface area (TPSA) is 20.3 Å². The molecule has 0 radical (unpaired) electrons. The van der Waals surface area contributed by atoms with Crippen LogP contribution in [0.2, 0.25) is 0 Å². The van der Waals surface area contributed by atoms with Gasteiger partial charge >= 0.3 is 0 Å². The first-order valence-electron chi connectivity index (χ1n) is 5.95. The molecular weight excluding hydrogens is 198 g/mol. The Morgan fingerprint density at radius 1 is 1.12 bits per heavy atom. The molecule has 0 aliphatic carbocycles. The van der Waals surface area contributed by atoms with Crippen LogP contribution >= 0.6 is 0 Å². The second-order valence-electron chi connectivity index (χ2n) is 6.64. The predicted octanol–water partition coefficient (Wildman–Crippen LogP) is 3.50. The smallest absolute Gasteiger partial charge is 0.155 e. The van der Waals surface area contributed by atoms with Crippen LogP contribution in [0, 0.1) is 5.41 Å². The van der Waals surface area contributed by atoms with E-state index in [2.05, 4.69) is 25.7 Å². The molecule has 1 atom stereocenters. The lowest BCUT2D eigenvalue weighted by molar-refractivity contribution is -0.132. The zero-order chi connectivity index (χ0) is 11.9. The van der Waals surface area contributed by atoms with Gasteiger partial charge in [0.15, 0.2) is 5.78 Å². The Morgan fingerprint density at radius 3 is 2.00 bits per heavy atom. The van der Waals surface area contributed by atoms with Crippen molar-refractivity contribution in [1.82, 2.24) is 4.90 Å². The van der Waals surface area contributed by atoms with Crippen LogP contribution in [0.3, 0.4) is 0 Å². The van der Waals surface area contributed by atoms with Gasteiger partial charge in [0, 0.05) is 11.0 Å². The molecule has 1 heterocycles. The van der Waals surface area contributed by atoms with Crippen LogP contribution in [0.5, 0.6) is 0 Å². The molecule has 0 bridgehead atoms. The number of carbonyl (C=O) groups excluding carboxylic acids is 1. The molecule has 0 aromatic heterocycles. The van der Waals surface area contributed by atoms with Gasteiger partial charge in [-0.25, -0.2) is 0 Å². The van der Waals surface area contributed by atoms with E-state index < -0.39 is 0 Å². The predicted molar refractivity (Wildman–Crippen MR) is 70.7 cm³/mol. The van der Waals surface area contributed by atoms with Crippen molar-refractivity contribution >= 4 is 5.78 Å². The molecule has 0 amide bonds. The summed E-state index contributed by atoms with van der Waals surface area (Å²) in [7, 11) is 0. The quantitative estimate of drug-likeness (QED) is 0.683. The molecule has 16 heavy (non-hydrogen) atoms. The minimum absolute atomic E-state index is 0. The van der Waals surface area contributed by atoms with Gasteiger partial charge in [-0.1, -0.05) is 28.2 Å². The Balaban J connectivity index is 0.00000225. The molecule has 96 valence electrons. The van der Waals surface area contributed by atoms with Crippen LogP contribution in [-0.4, -0.2) is 28.8 Å². The minimum atomic E-state index is -0.210. The van der Waals surface area contributed by atoms with Crippen molar-refractivity contribution in [2.75, 3.05) is 6.54 Å². The van der Waals surface area contributed by atoms with Crippen molar-refractivity contribution in [1.29, 1.82) is 0 Å². The first kappa shape index (κ1) is 15.6.